The number of amides is 2. The lowest BCUT2D eigenvalue weighted by atomic mass is 10.1. The number of hydrogen-bond acceptors (Lipinski definition) is 9. The van der Waals surface area contributed by atoms with E-state index in [4.69, 9.17) is 14.2 Å². The Balaban J connectivity index is 1.60. The summed E-state index contributed by atoms with van der Waals surface area (Å²) in [6, 6.07) is 9.90. The lowest BCUT2D eigenvalue weighted by molar-refractivity contribution is -0.176. The number of nitrogens with one attached hydrogen (secondary N) is 2. The van der Waals surface area contributed by atoms with Crippen LogP contribution in [0.5, 0.6) is 0 Å². The van der Waals surface area contributed by atoms with Gasteiger partial charge >= 0.3 is 23.7 Å². The van der Waals surface area contributed by atoms with Crippen LogP contribution in [-0.4, -0.2) is 64.0 Å². The first kappa shape index (κ1) is 31.6. The van der Waals surface area contributed by atoms with Crippen LogP contribution < -0.4 is 16.3 Å². The second-order valence-corrected chi connectivity index (χ2v) is 9.37. The van der Waals surface area contributed by atoms with Gasteiger partial charge in [-0.1, -0.05) is 38.0 Å². The van der Waals surface area contributed by atoms with E-state index in [1.165, 1.54) is 0 Å². The number of carbonyl (C=O) groups is 3. The molecule has 0 aliphatic carbocycles. The maximum absolute atomic E-state index is 15.5. The summed E-state index contributed by atoms with van der Waals surface area (Å²) in [6.07, 6.45) is -3.57. The highest BCUT2D eigenvalue weighted by Gasteiger charge is 2.62. The van der Waals surface area contributed by atoms with E-state index in [2.05, 4.69) is 15.6 Å². The average Bonchev–Trinajstić information content (AvgIpc) is 3.18. The average molecular weight is 581 g/mol. The third-order valence-corrected chi connectivity index (χ3v) is 6.21. The molecular formula is C27H34F2N4O8. The maximum atomic E-state index is 15.5. The number of carbonyl (C=O) groups excluding carboxylic acids is 3. The molecule has 2 heterocycles. The van der Waals surface area contributed by atoms with Crippen molar-refractivity contribution in [3.05, 3.63) is 53.1 Å². The van der Waals surface area contributed by atoms with Crippen LogP contribution in [0.4, 0.5) is 25.1 Å². The molecule has 3 atom stereocenters. The van der Waals surface area contributed by atoms with Crippen molar-refractivity contribution in [1.82, 2.24) is 9.55 Å². The molecule has 12 nitrogen and oxygen atoms in total. The second kappa shape index (κ2) is 15.2. The first-order valence-electron chi connectivity index (χ1n) is 13.4. The summed E-state index contributed by atoms with van der Waals surface area (Å²) in [4.78, 5) is 52.6. The van der Waals surface area contributed by atoms with E-state index < -0.39 is 48.7 Å². The van der Waals surface area contributed by atoms with Gasteiger partial charge in [0.15, 0.2) is 6.10 Å². The van der Waals surface area contributed by atoms with Crippen molar-refractivity contribution >= 4 is 29.5 Å². The van der Waals surface area contributed by atoms with Crippen LogP contribution in [-0.2, 0) is 23.8 Å². The zero-order valence-corrected chi connectivity index (χ0v) is 22.6. The van der Waals surface area contributed by atoms with Gasteiger partial charge in [0.05, 0.1) is 13.2 Å². The summed E-state index contributed by atoms with van der Waals surface area (Å²) >= 11 is 0. The topological polar surface area (TPSA) is 158 Å². The van der Waals surface area contributed by atoms with Crippen LogP contribution in [0.1, 0.15) is 58.1 Å². The Morgan fingerprint density at radius 2 is 1.80 bits per heavy atom. The molecule has 1 fully saturated rings. The molecule has 1 saturated heterocycles. The van der Waals surface area contributed by atoms with Gasteiger partial charge in [0, 0.05) is 24.7 Å². The van der Waals surface area contributed by atoms with Gasteiger partial charge in [0.2, 0.25) is 12.1 Å². The Kier molecular flexibility index (Phi) is 11.7. The monoisotopic (exact) mass is 580 g/mol. The minimum atomic E-state index is -3.99. The Morgan fingerprint density at radius 1 is 1.07 bits per heavy atom. The smallest absolute Gasteiger partial charge is 0.412 e. The van der Waals surface area contributed by atoms with Gasteiger partial charge in [-0.2, -0.15) is 8.78 Å². The molecule has 0 saturated carbocycles. The molecule has 1 aliphatic rings. The Labute approximate surface area is 235 Å². The number of benzene rings is 1. The highest BCUT2D eigenvalue weighted by Crippen LogP contribution is 2.45. The van der Waals surface area contributed by atoms with Crippen molar-refractivity contribution in [3.8, 4) is 0 Å². The van der Waals surface area contributed by atoms with E-state index in [0.717, 1.165) is 25.1 Å². The normalized spacial score (nSPS) is 19.4. The first-order valence-corrected chi connectivity index (χ1v) is 13.4. The number of hydrogen-bond donors (Lipinski definition) is 3. The van der Waals surface area contributed by atoms with E-state index in [0.29, 0.717) is 23.1 Å². The Hall–Kier alpha value is -3.91. The number of para-hydroxylation sites is 1. The van der Waals surface area contributed by atoms with Crippen molar-refractivity contribution in [2.24, 2.45) is 0 Å². The molecule has 1 aliphatic heterocycles. The number of aliphatic hydroxyl groups excluding tert-OH is 1. The largest absolute Gasteiger partial charge is 0.453 e. The third-order valence-electron chi connectivity index (χ3n) is 6.21. The van der Waals surface area contributed by atoms with Crippen molar-refractivity contribution in [2.45, 2.75) is 76.2 Å². The van der Waals surface area contributed by atoms with Crippen molar-refractivity contribution in [2.75, 3.05) is 23.8 Å². The lowest BCUT2D eigenvalue weighted by Crippen LogP contribution is -2.45. The van der Waals surface area contributed by atoms with Gasteiger partial charge in [0.1, 0.15) is 11.9 Å². The summed E-state index contributed by atoms with van der Waals surface area (Å²) in [7, 11) is 0. The number of aromatic nitrogens is 2. The highest BCUT2D eigenvalue weighted by atomic mass is 19.3. The fraction of sp³-hybridized carbons (Fsp3) is 0.519. The summed E-state index contributed by atoms with van der Waals surface area (Å²) in [5, 5.41) is 14.6. The van der Waals surface area contributed by atoms with Crippen molar-refractivity contribution in [1.29, 1.82) is 0 Å². The van der Waals surface area contributed by atoms with Gasteiger partial charge in [-0.25, -0.2) is 19.1 Å². The maximum Gasteiger partial charge on any atom is 0.412 e. The number of esters is 1. The predicted molar refractivity (Wildman–Crippen MR) is 142 cm³/mol. The molecule has 1 aromatic heterocycles. The van der Waals surface area contributed by atoms with Crippen LogP contribution in [0.3, 0.4) is 0 Å². The molecular weight excluding hydrogens is 546 g/mol. The minimum absolute atomic E-state index is 0.0907. The Morgan fingerprint density at radius 3 is 2.51 bits per heavy atom. The summed E-state index contributed by atoms with van der Waals surface area (Å²) in [5.74, 6) is -5.63. The lowest BCUT2D eigenvalue weighted by Gasteiger charge is -2.25. The molecule has 41 heavy (non-hydrogen) atoms. The number of alkyl halides is 2. The molecule has 1 aromatic carbocycles. The quantitative estimate of drug-likeness (QED) is 0.224. The van der Waals surface area contributed by atoms with E-state index in [1.54, 1.807) is 30.3 Å². The van der Waals surface area contributed by atoms with Gasteiger partial charge in [-0.05, 0) is 37.5 Å². The van der Waals surface area contributed by atoms with Gasteiger partial charge in [-0.15, -0.1) is 0 Å². The molecule has 3 N–H and O–H groups in total. The van der Waals surface area contributed by atoms with Crippen LogP contribution in [0.15, 0.2) is 47.4 Å². The van der Waals surface area contributed by atoms with E-state index in [-0.39, 0.29) is 37.6 Å². The molecule has 0 bridgehead atoms. The van der Waals surface area contributed by atoms with Crippen LogP contribution >= 0.6 is 0 Å². The number of aliphatic hydroxyl groups is 1. The number of nitrogens with zero attached hydrogens (tertiary/aromatic N) is 2. The van der Waals surface area contributed by atoms with E-state index in [9.17, 15) is 24.3 Å². The SMILES string of the molecule is CCCCCOC(=O)Nc1ccnc(=O)n1[C@@H]1O[C@H](CO)[C@@H](OC(=O)CCCCC(=O)Nc2ccccc2)C1(F)F. The summed E-state index contributed by atoms with van der Waals surface area (Å²) in [6.45, 7) is 1.12. The molecule has 14 heteroatoms. The molecule has 224 valence electrons. The summed E-state index contributed by atoms with van der Waals surface area (Å²) < 4.78 is 46.8. The fourth-order valence-corrected chi connectivity index (χ4v) is 4.15. The van der Waals surface area contributed by atoms with Crippen LogP contribution in [0.2, 0.25) is 0 Å². The molecule has 0 spiro atoms. The van der Waals surface area contributed by atoms with E-state index >= 15 is 8.78 Å². The highest BCUT2D eigenvalue weighted by molar-refractivity contribution is 5.90. The summed E-state index contributed by atoms with van der Waals surface area (Å²) in [5.41, 5.74) is -0.546. The van der Waals surface area contributed by atoms with Crippen molar-refractivity contribution in [3.63, 3.8) is 0 Å². The van der Waals surface area contributed by atoms with Crippen molar-refractivity contribution < 1.29 is 42.5 Å². The zero-order chi connectivity index (χ0) is 29.8. The number of ether oxygens (including phenoxy) is 3. The first-order chi connectivity index (χ1) is 19.7. The van der Waals surface area contributed by atoms with Gasteiger partial charge in [0.25, 0.3) is 0 Å². The predicted octanol–water partition coefficient (Wildman–Crippen LogP) is 3.62. The number of anilines is 2. The van der Waals surface area contributed by atoms with Gasteiger partial charge < -0.3 is 24.6 Å². The molecule has 2 aromatic rings. The zero-order valence-electron chi connectivity index (χ0n) is 22.6. The second-order valence-electron chi connectivity index (χ2n) is 9.37. The fourth-order valence-electron chi connectivity index (χ4n) is 4.15. The molecule has 2 amide bonds. The standard InChI is InChI=1S/C27H34F2N4O8/c1-2-3-9-16-39-26(38)32-20-14-15-30-25(37)33(20)24-27(28,29)23(19(17-34)40-24)41-22(36)13-8-7-12-21(35)31-18-10-5-4-6-11-18/h4-6,10-11,14-15,19,23-24,34H,2-3,7-9,12-13,16-17H2,1H3,(H,31,35)(H,32,38)/t19-,23-,24-/m1/s1. The van der Waals surface area contributed by atoms with E-state index in [1.807, 2.05) is 6.92 Å². The minimum Gasteiger partial charge on any atom is -0.453 e. The number of halogens is 2. The number of unbranched alkanes of at least 4 members (excludes halogenated alkanes) is 3. The molecule has 3 rings (SSSR count). The number of rotatable bonds is 14. The third kappa shape index (κ3) is 8.79. The van der Waals surface area contributed by atoms with Gasteiger partial charge in [-0.3, -0.25) is 14.9 Å². The Bertz CT molecular complexity index is 1230. The van der Waals surface area contributed by atoms with Crippen LogP contribution in [0.25, 0.3) is 0 Å². The van der Waals surface area contributed by atoms with Crippen LogP contribution in [0, 0.1) is 0 Å². The molecule has 0 unspecified atom stereocenters. The molecule has 0 radical (unpaired) electrons.